The number of para-hydroxylation sites is 2. The summed E-state index contributed by atoms with van der Waals surface area (Å²) in [4.78, 5) is 16.7. The number of carbonyl (C=O) groups excluding carboxylic acids is 1. The number of piperazine rings is 1. The van der Waals surface area contributed by atoms with Gasteiger partial charge in [-0.05, 0) is 24.1 Å². The highest BCUT2D eigenvalue weighted by atomic mass is 16.5. The molecule has 0 aromatic heterocycles. The van der Waals surface area contributed by atoms with Gasteiger partial charge in [-0.25, -0.2) is 0 Å². The standard InChI is InChI=1S/C21H27N3O2/c22-19-9-4-5-10-20(19)26-16-6-11-21(25)24-14-12-23(13-15-24)17-18-7-2-1-3-8-18/h1-5,7-10H,6,11-17,22H2. The molecule has 1 saturated heterocycles. The van der Waals surface area contributed by atoms with E-state index in [1.165, 1.54) is 5.56 Å². The molecule has 1 aliphatic rings. The molecular formula is C21H27N3O2. The minimum atomic E-state index is 0.217. The molecule has 0 radical (unpaired) electrons. The van der Waals surface area contributed by atoms with E-state index in [1.807, 2.05) is 35.2 Å². The maximum atomic E-state index is 12.4. The molecular weight excluding hydrogens is 326 g/mol. The Balaban J connectivity index is 1.34. The molecule has 0 atom stereocenters. The Morgan fingerprint density at radius 3 is 2.38 bits per heavy atom. The van der Waals surface area contributed by atoms with Crippen LogP contribution in [0.3, 0.4) is 0 Å². The van der Waals surface area contributed by atoms with E-state index in [4.69, 9.17) is 10.5 Å². The third-order valence-corrected chi connectivity index (χ3v) is 4.69. The van der Waals surface area contributed by atoms with Crippen molar-refractivity contribution in [2.24, 2.45) is 0 Å². The van der Waals surface area contributed by atoms with Crippen LogP contribution >= 0.6 is 0 Å². The van der Waals surface area contributed by atoms with Crippen molar-refractivity contribution >= 4 is 11.6 Å². The topological polar surface area (TPSA) is 58.8 Å². The predicted octanol–water partition coefficient (Wildman–Crippen LogP) is 2.77. The molecule has 1 fully saturated rings. The summed E-state index contributed by atoms with van der Waals surface area (Å²) >= 11 is 0. The van der Waals surface area contributed by atoms with Crippen molar-refractivity contribution < 1.29 is 9.53 Å². The molecule has 0 aliphatic carbocycles. The van der Waals surface area contributed by atoms with E-state index in [2.05, 4.69) is 29.2 Å². The van der Waals surface area contributed by atoms with Crippen LogP contribution in [0, 0.1) is 0 Å². The van der Waals surface area contributed by atoms with Crippen LogP contribution in [0.15, 0.2) is 54.6 Å². The van der Waals surface area contributed by atoms with Gasteiger partial charge in [0.25, 0.3) is 0 Å². The fourth-order valence-corrected chi connectivity index (χ4v) is 3.17. The Hall–Kier alpha value is -2.53. The highest BCUT2D eigenvalue weighted by molar-refractivity contribution is 5.76. The van der Waals surface area contributed by atoms with Gasteiger partial charge in [-0.3, -0.25) is 9.69 Å². The second kappa shape index (κ2) is 9.25. The summed E-state index contributed by atoms with van der Waals surface area (Å²) in [6.07, 6.45) is 1.23. The molecule has 5 nitrogen and oxygen atoms in total. The maximum absolute atomic E-state index is 12.4. The summed E-state index contributed by atoms with van der Waals surface area (Å²) in [7, 11) is 0. The quantitative estimate of drug-likeness (QED) is 0.614. The van der Waals surface area contributed by atoms with Gasteiger partial charge < -0.3 is 15.4 Å². The lowest BCUT2D eigenvalue weighted by Gasteiger charge is -2.34. The first-order valence-corrected chi connectivity index (χ1v) is 9.24. The van der Waals surface area contributed by atoms with Crippen LogP contribution in [0.25, 0.3) is 0 Å². The number of nitrogens with two attached hydrogens (primary N) is 1. The van der Waals surface area contributed by atoms with E-state index < -0.39 is 0 Å². The predicted molar refractivity (Wildman–Crippen MR) is 104 cm³/mol. The van der Waals surface area contributed by atoms with Crippen LogP contribution in [0.1, 0.15) is 18.4 Å². The molecule has 0 unspecified atom stereocenters. The first-order chi connectivity index (χ1) is 12.7. The molecule has 2 aromatic rings. The summed E-state index contributed by atoms with van der Waals surface area (Å²) in [5, 5.41) is 0. The van der Waals surface area contributed by atoms with Crippen molar-refractivity contribution in [2.75, 3.05) is 38.5 Å². The number of rotatable bonds is 7. The molecule has 138 valence electrons. The highest BCUT2D eigenvalue weighted by Crippen LogP contribution is 2.20. The molecule has 1 aliphatic heterocycles. The zero-order chi connectivity index (χ0) is 18.2. The summed E-state index contributed by atoms with van der Waals surface area (Å²) in [6.45, 7) is 4.93. The number of anilines is 1. The molecule has 1 amide bonds. The third kappa shape index (κ3) is 5.23. The normalized spacial score (nSPS) is 15.0. The Morgan fingerprint density at radius 1 is 0.962 bits per heavy atom. The monoisotopic (exact) mass is 353 g/mol. The van der Waals surface area contributed by atoms with E-state index in [0.29, 0.717) is 30.9 Å². The lowest BCUT2D eigenvalue weighted by Crippen LogP contribution is -2.48. The fraction of sp³-hybridized carbons (Fsp3) is 0.381. The summed E-state index contributed by atoms with van der Waals surface area (Å²) in [5.41, 5.74) is 7.80. The Bertz CT molecular complexity index is 697. The van der Waals surface area contributed by atoms with Gasteiger partial charge in [-0.1, -0.05) is 42.5 Å². The Morgan fingerprint density at radius 2 is 1.65 bits per heavy atom. The van der Waals surface area contributed by atoms with Gasteiger partial charge in [0.05, 0.1) is 12.3 Å². The van der Waals surface area contributed by atoms with Gasteiger partial charge in [0.1, 0.15) is 5.75 Å². The molecule has 5 heteroatoms. The number of hydrogen-bond donors (Lipinski definition) is 1. The van der Waals surface area contributed by atoms with Crippen molar-refractivity contribution in [3.8, 4) is 5.75 Å². The van der Waals surface area contributed by atoms with Gasteiger partial charge in [0, 0.05) is 39.1 Å². The van der Waals surface area contributed by atoms with Crippen LogP contribution in [0.4, 0.5) is 5.69 Å². The van der Waals surface area contributed by atoms with E-state index >= 15 is 0 Å². The lowest BCUT2D eigenvalue weighted by atomic mass is 10.2. The summed E-state index contributed by atoms with van der Waals surface area (Å²) < 4.78 is 5.65. The van der Waals surface area contributed by atoms with Crippen molar-refractivity contribution in [3.05, 3.63) is 60.2 Å². The zero-order valence-electron chi connectivity index (χ0n) is 15.1. The summed E-state index contributed by atoms with van der Waals surface area (Å²) in [5.74, 6) is 0.906. The number of carbonyl (C=O) groups is 1. The van der Waals surface area contributed by atoms with Crippen LogP contribution in [-0.4, -0.2) is 48.5 Å². The van der Waals surface area contributed by atoms with Crippen LogP contribution < -0.4 is 10.5 Å². The van der Waals surface area contributed by atoms with Crippen LogP contribution in [0.2, 0.25) is 0 Å². The Kier molecular flexibility index (Phi) is 6.50. The number of hydrogen-bond acceptors (Lipinski definition) is 4. The first kappa shape index (κ1) is 18.3. The maximum Gasteiger partial charge on any atom is 0.222 e. The minimum absolute atomic E-state index is 0.217. The average molecular weight is 353 g/mol. The summed E-state index contributed by atoms with van der Waals surface area (Å²) in [6, 6.07) is 17.9. The van der Waals surface area contributed by atoms with Gasteiger partial charge >= 0.3 is 0 Å². The SMILES string of the molecule is Nc1ccccc1OCCCC(=O)N1CCN(Cc2ccccc2)CC1. The van der Waals surface area contributed by atoms with E-state index in [1.54, 1.807) is 0 Å². The van der Waals surface area contributed by atoms with Gasteiger partial charge in [0.2, 0.25) is 5.91 Å². The van der Waals surface area contributed by atoms with Crippen molar-refractivity contribution in [1.82, 2.24) is 9.80 Å². The van der Waals surface area contributed by atoms with Crippen LogP contribution in [0.5, 0.6) is 5.75 Å². The third-order valence-electron chi connectivity index (χ3n) is 4.69. The molecule has 0 bridgehead atoms. The van der Waals surface area contributed by atoms with Crippen LogP contribution in [-0.2, 0) is 11.3 Å². The molecule has 0 saturated carbocycles. The van der Waals surface area contributed by atoms with Gasteiger partial charge in [0.15, 0.2) is 0 Å². The van der Waals surface area contributed by atoms with Gasteiger partial charge in [-0.2, -0.15) is 0 Å². The second-order valence-corrected chi connectivity index (χ2v) is 6.63. The molecule has 26 heavy (non-hydrogen) atoms. The fourth-order valence-electron chi connectivity index (χ4n) is 3.17. The van der Waals surface area contributed by atoms with E-state index in [9.17, 15) is 4.79 Å². The van der Waals surface area contributed by atoms with Crippen molar-refractivity contribution in [2.45, 2.75) is 19.4 Å². The van der Waals surface area contributed by atoms with Gasteiger partial charge in [-0.15, -0.1) is 0 Å². The second-order valence-electron chi connectivity index (χ2n) is 6.63. The average Bonchev–Trinajstić information content (AvgIpc) is 2.68. The molecule has 0 spiro atoms. The number of nitrogens with zero attached hydrogens (tertiary/aromatic N) is 2. The molecule has 2 N–H and O–H groups in total. The number of ether oxygens (including phenoxy) is 1. The smallest absolute Gasteiger partial charge is 0.222 e. The lowest BCUT2D eigenvalue weighted by molar-refractivity contribution is -0.133. The number of amides is 1. The first-order valence-electron chi connectivity index (χ1n) is 9.24. The van der Waals surface area contributed by atoms with E-state index in [0.717, 1.165) is 32.7 Å². The molecule has 2 aromatic carbocycles. The molecule has 1 heterocycles. The van der Waals surface area contributed by atoms with Crippen molar-refractivity contribution in [3.63, 3.8) is 0 Å². The van der Waals surface area contributed by atoms with Crippen molar-refractivity contribution in [1.29, 1.82) is 0 Å². The number of benzene rings is 2. The molecule has 3 rings (SSSR count). The highest BCUT2D eigenvalue weighted by Gasteiger charge is 2.20. The number of nitrogen functional groups attached to an aromatic ring is 1. The minimum Gasteiger partial charge on any atom is -0.491 e. The zero-order valence-corrected chi connectivity index (χ0v) is 15.1. The Labute approximate surface area is 155 Å². The largest absolute Gasteiger partial charge is 0.491 e. The van der Waals surface area contributed by atoms with E-state index in [-0.39, 0.29) is 5.91 Å².